The molecule has 3 rings (SSSR count). The molecule has 2 atom stereocenters. The summed E-state index contributed by atoms with van der Waals surface area (Å²) in [6.07, 6.45) is 2.39. The molecule has 0 N–H and O–H groups in total. The second kappa shape index (κ2) is 7.53. The van der Waals surface area contributed by atoms with Crippen molar-refractivity contribution in [2.45, 2.75) is 46.6 Å². The monoisotopic (exact) mass is 378 g/mol. The third kappa shape index (κ3) is 3.32. The lowest BCUT2D eigenvalue weighted by molar-refractivity contribution is -0.131. The second-order valence-corrected chi connectivity index (χ2v) is 7.37. The first-order valence-corrected chi connectivity index (χ1v) is 9.04. The maximum absolute atomic E-state index is 13.1. The fourth-order valence-electron chi connectivity index (χ4n) is 3.82. The molecule has 0 aromatic carbocycles. The Bertz CT molecular complexity index is 745. The molecule has 0 aromatic heterocycles. The highest BCUT2D eigenvalue weighted by Crippen LogP contribution is 2.40. The number of hydrogen-bond donors (Lipinski definition) is 0. The third-order valence-electron chi connectivity index (χ3n) is 5.42. The Morgan fingerprint density at radius 3 is 2.42 bits per heavy atom. The van der Waals surface area contributed by atoms with E-state index in [1.165, 1.54) is 0 Å². The van der Waals surface area contributed by atoms with Gasteiger partial charge in [0, 0.05) is 17.7 Å². The highest BCUT2D eigenvalue weighted by atomic mass is 35.5. The quantitative estimate of drug-likeness (QED) is 0.737. The number of amidine groups is 1. The predicted octanol–water partition coefficient (Wildman–Crippen LogP) is 2.51. The molecule has 0 saturated carbocycles. The van der Waals surface area contributed by atoms with Crippen molar-refractivity contribution in [3.8, 4) is 0 Å². The standard InChI is InChI=1S/C19H26N4O2.ClH/c1-6-23(7-2)9-8-12-14-13(10-20-19(4,5)18(14)25)15-16(17(12)24)22-11(3)21-15;/h10,12,14H,6-9H2,1-5H3;1H. The molecule has 3 aliphatic rings. The van der Waals surface area contributed by atoms with Crippen LogP contribution in [0.5, 0.6) is 0 Å². The number of fused-ring (bicyclic) bond motifs is 2. The van der Waals surface area contributed by atoms with Gasteiger partial charge in [-0.1, -0.05) is 13.8 Å². The number of aliphatic imine (C=N–C) groups is 3. The first-order valence-electron chi connectivity index (χ1n) is 9.04. The molecule has 2 aliphatic heterocycles. The van der Waals surface area contributed by atoms with Crippen molar-refractivity contribution >= 4 is 41.7 Å². The number of allylic oxidation sites excluding steroid dienone is 2. The van der Waals surface area contributed by atoms with Crippen molar-refractivity contribution in [2.24, 2.45) is 26.8 Å². The van der Waals surface area contributed by atoms with Crippen molar-refractivity contribution in [3.63, 3.8) is 0 Å². The number of hydrogen-bond acceptors (Lipinski definition) is 6. The van der Waals surface area contributed by atoms with Gasteiger partial charge in [-0.05, 0) is 46.8 Å². The van der Waals surface area contributed by atoms with Crippen LogP contribution in [0.3, 0.4) is 0 Å². The van der Waals surface area contributed by atoms with Crippen molar-refractivity contribution in [3.05, 3.63) is 11.3 Å². The largest absolute Gasteiger partial charge is 0.304 e. The highest BCUT2D eigenvalue weighted by molar-refractivity contribution is 6.51. The zero-order chi connectivity index (χ0) is 18.4. The van der Waals surface area contributed by atoms with Crippen LogP contribution in [0, 0.1) is 11.8 Å². The van der Waals surface area contributed by atoms with Gasteiger partial charge in [0.1, 0.15) is 22.8 Å². The lowest BCUT2D eigenvalue weighted by Gasteiger charge is -2.38. The molecule has 1 aliphatic carbocycles. The summed E-state index contributed by atoms with van der Waals surface area (Å²) in [6, 6.07) is 0. The smallest absolute Gasteiger partial charge is 0.187 e. The number of nitrogens with zero attached hydrogens (tertiary/aromatic N) is 4. The van der Waals surface area contributed by atoms with E-state index in [4.69, 9.17) is 0 Å². The van der Waals surface area contributed by atoms with Crippen molar-refractivity contribution in [1.29, 1.82) is 0 Å². The maximum Gasteiger partial charge on any atom is 0.187 e. The number of Topliss-reactive ketones (excluding diaryl/α,β-unsaturated/α-hetero) is 2. The van der Waals surface area contributed by atoms with Gasteiger partial charge in [0.05, 0.1) is 5.92 Å². The molecule has 0 fully saturated rings. The minimum atomic E-state index is -0.797. The molecule has 0 saturated heterocycles. The van der Waals surface area contributed by atoms with E-state index in [9.17, 15) is 9.59 Å². The van der Waals surface area contributed by atoms with E-state index in [1.54, 1.807) is 13.1 Å². The van der Waals surface area contributed by atoms with Crippen LogP contribution in [0.25, 0.3) is 0 Å². The highest BCUT2D eigenvalue weighted by Gasteiger charge is 2.50. The van der Waals surface area contributed by atoms with Gasteiger partial charge in [0.25, 0.3) is 0 Å². The molecule has 0 bridgehead atoms. The van der Waals surface area contributed by atoms with Crippen molar-refractivity contribution in [1.82, 2.24) is 4.90 Å². The molecule has 26 heavy (non-hydrogen) atoms. The van der Waals surface area contributed by atoms with E-state index in [2.05, 4.69) is 33.7 Å². The van der Waals surface area contributed by atoms with Crippen LogP contribution in [-0.2, 0) is 9.59 Å². The van der Waals surface area contributed by atoms with Gasteiger partial charge < -0.3 is 4.90 Å². The Balaban J connectivity index is 0.00000243. The number of ketones is 2. The molecular formula is C19H27ClN4O2. The molecule has 0 amide bonds. The lowest BCUT2D eigenvalue weighted by Crippen LogP contribution is -2.50. The Labute approximate surface area is 161 Å². The molecule has 0 radical (unpaired) electrons. The molecular weight excluding hydrogens is 352 g/mol. The first-order chi connectivity index (χ1) is 11.8. The van der Waals surface area contributed by atoms with E-state index >= 15 is 0 Å². The van der Waals surface area contributed by atoms with Crippen LogP contribution < -0.4 is 0 Å². The Morgan fingerprint density at radius 2 is 1.81 bits per heavy atom. The SMILES string of the molecule is CCN(CC)CCC1C(=O)C2=NC(C)=NC2=C2C=NC(C)(C)C(=O)C21.Cl. The van der Waals surface area contributed by atoms with Gasteiger partial charge in [0.2, 0.25) is 0 Å². The Hall–Kier alpha value is -1.66. The van der Waals surface area contributed by atoms with Crippen LogP contribution in [-0.4, -0.2) is 59.4 Å². The molecule has 0 spiro atoms. The summed E-state index contributed by atoms with van der Waals surface area (Å²) in [5.41, 5.74) is 0.935. The fraction of sp³-hybridized carbons (Fsp3) is 0.632. The topological polar surface area (TPSA) is 74.5 Å². The summed E-state index contributed by atoms with van der Waals surface area (Å²) >= 11 is 0. The Kier molecular flexibility index (Phi) is 5.98. The zero-order valence-corrected chi connectivity index (χ0v) is 16.9. The molecule has 6 nitrogen and oxygen atoms in total. The molecule has 2 unspecified atom stereocenters. The van der Waals surface area contributed by atoms with Gasteiger partial charge in [-0.25, -0.2) is 9.98 Å². The van der Waals surface area contributed by atoms with Crippen LogP contribution in [0.1, 0.15) is 41.0 Å². The molecule has 2 heterocycles. The first kappa shape index (κ1) is 20.6. The summed E-state index contributed by atoms with van der Waals surface area (Å²) in [5, 5.41) is 0. The maximum atomic E-state index is 13.1. The van der Waals surface area contributed by atoms with Gasteiger partial charge >= 0.3 is 0 Å². The van der Waals surface area contributed by atoms with Crippen LogP contribution >= 0.6 is 12.4 Å². The van der Waals surface area contributed by atoms with Crippen LogP contribution in [0.15, 0.2) is 26.2 Å². The van der Waals surface area contributed by atoms with E-state index in [-0.39, 0.29) is 29.9 Å². The van der Waals surface area contributed by atoms with Gasteiger partial charge in [-0.2, -0.15) is 0 Å². The average Bonchev–Trinajstić information content (AvgIpc) is 2.96. The Morgan fingerprint density at radius 1 is 1.15 bits per heavy atom. The van der Waals surface area contributed by atoms with E-state index < -0.39 is 11.5 Å². The fourth-order valence-corrected chi connectivity index (χ4v) is 3.82. The molecule has 7 heteroatoms. The summed E-state index contributed by atoms with van der Waals surface area (Å²) in [7, 11) is 0. The van der Waals surface area contributed by atoms with Gasteiger partial charge in [-0.15, -0.1) is 12.4 Å². The van der Waals surface area contributed by atoms with Crippen LogP contribution in [0.4, 0.5) is 0 Å². The van der Waals surface area contributed by atoms with Gasteiger partial charge in [-0.3, -0.25) is 14.6 Å². The summed E-state index contributed by atoms with van der Waals surface area (Å²) in [4.78, 5) is 41.6. The molecule has 0 aromatic rings. The summed E-state index contributed by atoms with van der Waals surface area (Å²) in [5.74, 6) is -0.304. The van der Waals surface area contributed by atoms with Crippen LogP contribution in [0.2, 0.25) is 0 Å². The summed E-state index contributed by atoms with van der Waals surface area (Å²) in [6.45, 7) is 12.3. The van der Waals surface area contributed by atoms with E-state index in [0.29, 0.717) is 23.7 Å². The number of halogens is 1. The number of carbonyl (C=O) groups excluding carboxylic acids is 2. The van der Waals surface area contributed by atoms with Crippen molar-refractivity contribution in [2.75, 3.05) is 19.6 Å². The molecule has 142 valence electrons. The summed E-state index contributed by atoms with van der Waals surface area (Å²) < 4.78 is 0. The normalized spacial score (nSPS) is 26.4. The second-order valence-electron chi connectivity index (χ2n) is 7.37. The predicted molar refractivity (Wildman–Crippen MR) is 107 cm³/mol. The zero-order valence-electron chi connectivity index (χ0n) is 16.1. The van der Waals surface area contributed by atoms with E-state index in [0.717, 1.165) is 25.2 Å². The minimum absolute atomic E-state index is 0. The number of carbonyl (C=O) groups is 2. The van der Waals surface area contributed by atoms with E-state index in [1.807, 2.05) is 13.8 Å². The van der Waals surface area contributed by atoms with Crippen molar-refractivity contribution < 1.29 is 9.59 Å². The van der Waals surface area contributed by atoms with Gasteiger partial charge in [0.15, 0.2) is 11.6 Å². The average molecular weight is 379 g/mol. The third-order valence-corrected chi connectivity index (χ3v) is 5.42. The lowest BCUT2D eigenvalue weighted by atomic mass is 9.67. The number of rotatable bonds is 5. The minimum Gasteiger partial charge on any atom is -0.304 e.